The fourth-order valence-electron chi connectivity index (χ4n) is 1.59. The predicted molar refractivity (Wildman–Crippen MR) is 80.7 cm³/mol. The zero-order chi connectivity index (χ0) is 15.2. The molecule has 0 unspecified atom stereocenters. The lowest BCUT2D eigenvalue weighted by atomic mass is 10.2. The lowest BCUT2D eigenvalue weighted by Crippen LogP contribution is -2.26. The number of H-pyrrole nitrogens is 1. The van der Waals surface area contributed by atoms with Gasteiger partial charge in [0, 0.05) is 26.0 Å². The van der Waals surface area contributed by atoms with Gasteiger partial charge in [-0.1, -0.05) is 12.1 Å². The average molecular weight is 285 g/mol. The molecule has 2 aromatic rings. The molecule has 0 bridgehead atoms. The van der Waals surface area contributed by atoms with Crippen LogP contribution in [0.4, 0.5) is 5.69 Å². The second kappa shape index (κ2) is 6.47. The lowest BCUT2D eigenvalue weighted by molar-refractivity contribution is 0.0953. The van der Waals surface area contributed by atoms with Crippen molar-refractivity contribution in [3.63, 3.8) is 0 Å². The number of carbonyl (C=O) groups excluding carboxylic acids is 1. The van der Waals surface area contributed by atoms with Crippen molar-refractivity contribution in [1.82, 2.24) is 15.4 Å². The fraction of sp³-hybridized carbons (Fsp3) is 0.143. The van der Waals surface area contributed by atoms with Gasteiger partial charge in [0.05, 0.1) is 12.5 Å². The van der Waals surface area contributed by atoms with Crippen LogP contribution < -0.4 is 15.9 Å². The molecule has 0 fully saturated rings. The van der Waals surface area contributed by atoms with Crippen molar-refractivity contribution < 1.29 is 4.79 Å². The van der Waals surface area contributed by atoms with Gasteiger partial charge in [-0.15, -0.1) is 0 Å². The van der Waals surface area contributed by atoms with Crippen molar-refractivity contribution in [2.24, 2.45) is 5.10 Å². The third-order valence-electron chi connectivity index (χ3n) is 2.75. The van der Waals surface area contributed by atoms with E-state index in [1.54, 1.807) is 0 Å². The number of aromatic amines is 1. The number of hydrogen-bond donors (Lipinski definition) is 2. The first kappa shape index (κ1) is 14.4. The second-order valence-corrected chi connectivity index (χ2v) is 4.48. The molecule has 2 rings (SSSR count). The Bertz CT molecular complexity index is 704. The third-order valence-corrected chi connectivity index (χ3v) is 2.75. The number of benzene rings is 1. The minimum absolute atomic E-state index is 0.0856. The summed E-state index contributed by atoms with van der Waals surface area (Å²) < 4.78 is 0. The van der Waals surface area contributed by atoms with Crippen LogP contribution in [-0.4, -0.2) is 36.2 Å². The van der Waals surface area contributed by atoms with Gasteiger partial charge in [-0.05, 0) is 17.7 Å². The summed E-state index contributed by atoms with van der Waals surface area (Å²) in [5.41, 5.74) is 3.60. The highest BCUT2D eigenvalue weighted by Crippen LogP contribution is 2.10. The van der Waals surface area contributed by atoms with E-state index in [1.165, 1.54) is 18.7 Å². The van der Waals surface area contributed by atoms with Crippen molar-refractivity contribution in [3.05, 3.63) is 58.3 Å². The smallest absolute Gasteiger partial charge is 0.278 e. The number of rotatable bonds is 4. The van der Waals surface area contributed by atoms with Crippen LogP contribution in [0.15, 0.2) is 46.7 Å². The zero-order valence-corrected chi connectivity index (χ0v) is 11.7. The Kier molecular flexibility index (Phi) is 4.45. The summed E-state index contributed by atoms with van der Waals surface area (Å²) in [6.07, 6.45) is 3.91. The highest BCUT2D eigenvalue weighted by atomic mass is 16.2. The molecule has 7 nitrogen and oxygen atoms in total. The maximum atomic E-state index is 11.7. The van der Waals surface area contributed by atoms with Crippen molar-refractivity contribution in [2.45, 2.75) is 0 Å². The Labute approximate surface area is 121 Å². The molecule has 2 N–H and O–H groups in total. The van der Waals surface area contributed by atoms with Gasteiger partial charge in [0.25, 0.3) is 11.5 Å². The van der Waals surface area contributed by atoms with Crippen LogP contribution in [0.25, 0.3) is 0 Å². The molecule has 0 aliphatic rings. The van der Waals surface area contributed by atoms with E-state index in [0.29, 0.717) is 0 Å². The largest absolute Gasteiger partial charge is 0.378 e. The molecule has 1 aromatic heterocycles. The van der Waals surface area contributed by atoms with Crippen LogP contribution >= 0.6 is 0 Å². The Morgan fingerprint density at radius 2 is 2.05 bits per heavy atom. The minimum Gasteiger partial charge on any atom is -0.378 e. The van der Waals surface area contributed by atoms with E-state index in [4.69, 9.17) is 0 Å². The average Bonchev–Trinajstić information content (AvgIpc) is 2.48. The number of amides is 1. The molecule has 0 saturated heterocycles. The summed E-state index contributed by atoms with van der Waals surface area (Å²) in [4.78, 5) is 31.1. The van der Waals surface area contributed by atoms with Gasteiger partial charge in [-0.2, -0.15) is 5.10 Å². The van der Waals surface area contributed by atoms with Gasteiger partial charge < -0.3 is 9.88 Å². The first-order chi connectivity index (χ1) is 10.1. The van der Waals surface area contributed by atoms with Gasteiger partial charge in [0.1, 0.15) is 5.56 Å². The van der Waals surface area contributed by atoms with Crippen LogP contribution in [0.1, 0.15) is 15.9 Å². The van der Waals surface area contributed by atoms with E-state index in [-0.39, 0.29) is 5.56 Å². The lowest BCUT2D eigenvalue weighted by Gasteiger charge is -2.11. The predicted octanol–water partition coefficient (Wildman–Crippen LogP) is 0.600. The van der Waals surface area contributed by atoms with E-state index < -0.39 is 11.5 Å². The molecule has 1 aromatic carbocycles. The van der Waals surface area contributed by atoms with Gasteiger partial charge in [-0.3, -0.25) is 9.59 Å². The van der Waals surface area contributed by atoms with E-state index in [0.717, 1.165) is 11.3 Å². The number of nitrogens with zero attached hydrogens (tertiary/aromatic N) is 3. The van der Waals surface area contributed by atoms with Crippen molar-refractivity contribution in [1.29, 1.82) is 0 Å². The molecule has 21 heavy (non-hydrogen) atoms. The van der Waals surface area contributed by atoms with Crippen molar-refractivity contribution >= 4 is 17.8 Å². The summed E-state index contributed by atoms with van der Waals surface area (Å²) >= 11 is 0. The molecular weight excluding hydrogens is 270 g/mol. The molecule has 108 valence electrons. The molecule has 1 heterocycles. The number of hydrazone groups is 1. The summed E-state index contributed by atoms with van der Waals surface area (Å²) in [7, 11) is 3.91. The van der Waals surface area contributed by atoms with Gasteiger partial charge in [-0.25, -0.2) is 10.4 Å². The van der Waals surface area contributed by atoms with Crippen LogP contribution in [0.5, 0.6) is 0 Å². The Morgan fingerprint density at radius 1 is 1.33 bits per heavy atom. The monoisotopic (exact) mass is 285 g/mol. The maximum absolute atomic E-state index is 11.7. The highest BCUT2D eigenvalue weighted by Gasteiger charge is 2.08. The Morgan fingerprint density at radius 3 is 2.67 bits per heavy atom. The molecular formula is C14H15N5O2. The van der Waals surface area contributed by atoms with Crippen LogP contribution in [0.3, 0.4) is 0 Å². The number of aromatic nitrogens is 2. The maximum Gasteiger partial charge on any atom is 0.278 e. The fourth-order valence-corrected chi connectivity index (χ4v) is 1.59. The third kappa shape index (κ3) is 3.75. The van der Waals surface area contributed by atoms with E-state index >= 15 is 0 Å². The number of carbonyl (C=O) groups is 1. The standard InChI is InChI=1S/C14H15N5O2/c1-19(2)11-5-3-10(4-6-11)7-17-18-14(21)12-8-15-9-16-13(12)20/h3-9H,1-2H3,(H,18,21)(H,15,16,20)/b17-7-. The molecule has 0 aliphatic heterocycles. The van der Waals surface area contributed by atoms with Crippen molar-refractivity contribution in [3.8, 4) is 0 Å². The van der Waals surface area contributed by atoms with E-state index in [2.05, 4.69) is 20.5 Å². The first-order valence-corrected chi connectivity index (χ1v) is 6.21. The summed E-state index contributed by atoms with van der Waals surface area (Å²) in [6.45, 7) is 0. The molecule has 1 amide bonds. The molecule has 0 atom stereocenters. The SMILES string of the molecule is CN(C)c1ccc(/C=N\NC(=O)c2cnc[nH]c2=O)cc1. The quantitative estimate of drug-likeness (QED) is 0.636. The molecule has 0 radical (unpaired) electrons. The number of anilines is 1. The zero-order valence-electron chi connectivity index (χ0n) is 11.7. The van der Waals surface area contributed by atoms with E-state index in [1.807, 2.05) is 43.3 Å². The number of nitrogens with one attached hydrogen (secondary N) is 2. The molecule has 0 aliphatic carbocycles. The van der Waals surface area contributed by atoms with Gasteiger partial charge in [0.15, 0.2) is 0 Å². The highest BCUT2D eigenvalue weighted by molar-refractivity contribution is 5.94. The normalized spacial score (nSPS) is 10.6. The van der Waals surface area contributed by atoms with Gasteiger partial charge in [0.2, 0.25) is 0 Å². The summed E-state index contributed by atoms with van der Waals surface area (Å²) in [6, 6.07) is 7.63. The van der Waals surface area contributed by atoms with E-state index in [9.17, 15) is 9.59 Å². The molecule has 7 heteroatoms. The summed E-state index contributed by atoms with van der Waals surface area (Å²) in [5.74, 6) is -0.606. The van der Waals surface area contributed by atoms with Gasteiger partial charge >= 0.3 is 0 Å². The molecule has 0 spiro atoms. The minimum atomic E-state index is -0.606. The molecule has 0 saturated carbocycles. The van der Waals surface area contributed by atoms with Crippen LogP contribution in [0.2, 0.25) is 0 Å². The first-order valence-electron chi connectivity index (χ1n) is 6.21. The topological polar surface area (TPSA) is 90.4 Å². The van der Waals surface area contributed by atoms with Crippen LogP contribution in [0, 0.1) is 0 Å². The summed E-state index contributed by atoms with van der Waals surface area (Å²) in [5, 5.41) is 3.81. The Balaban J connectivity index is 2.01. The Hall–Kier alpha value is -2.96. The van der Waals surface area contributed by atoms with Crippen molar-refractivity contribution in [2.75, 3.05) is 19.0 Å². The number of hydrogen-bond acceptors (Lipinski definition) is 5. The second-order valence-electron chi connectivity index (χ2n) is 4.48. The van der Waals surface area contributed by atoms with Crippen LogP contribution in [-0.2, 0) is 0 Å².